The van der Waals surface area contributed by atoms with Gasteiger partial charge in [-0.1, -0.05) is 13.3 Å². The lowest BCUT2D eigenvalue weighted by molar-refractivity contribution is -0.116. The van der Waals surface area contributed by atoms with E-state index in [0.717, 1.165) is 29.8 Å². The zero-order valence-electron chi connectivity index (χ0n) is 19.6. The third-order valence-corrected chi connectivity index (χ3v) is 5.37. The van der Waals surface area contributed by atoms with E-state index in [9.17, 15) is 9.59 Å². The van der Waals surface area contributed by atoms with Gasteiger partial charge in [0.1, 0.15) is 5.75 Å². The van der Waals surface area contributed by atoms with Crippen LogP contribution in [0.15, 0.2) is 41.5 Å². The highest BCUT2D eigenvalue weighted by atomic mass is 16.5. The van der Waals surface area contributed by atoms with Crippen molar-refractivity contribution in [2.24, 2.45) is 0 Å². The molecule has 8 nitrogen and oxygen atoms in total. The predicted molar refractivity (Wildman–Crippen MR) is 129 cm³/mol. The Balaban J connectivity index is 1.59. The average molecular weight is 454 g/mol. The van der Waals surface area contributed by atoms with Crippen LogP contribution in [0.2, 0.25) is 0 Å². The summed E-state index contributed by atoms with van der Waals surface area (Å²) < 4.78 is 17.8. The highest BCUT2D eigenvalue weighted by Gasteiger charge is 2.12. The largest absolute Gasteiger partial charge is 0.494 e. The monoisotopic (exact) mass is 453 g/mol. The van der Waals surface area contributed by atoms with Crippen LogP contribution < -0.4 is 25.1 Å². The standard InChI is InChI=1S/C25H31N3O5/c1-5-6-12-33-18-9-10-20(17(2)13-18)27-24(29)8-7-11-28-16-26-21-15-23(32-4)22(31-3)14-19(21)25(28)30/h9-10,13-16H,5-8,11-12H2,1-4H3,(H,27,29). The van der Waals surface area contributed by atoms with Gasteiger partial charge in [0.15, 0.2) is 11.5 Å². The van der Waals surface area contributed by atoms with Gasteiger partial charge in [0, 0.05) is 24.7 Å². The number of benzene rings is 2. The number of aromatic nitrogens is 2. The number of hydrogen-bond acceptors (Lipinski definition) is 6. The van der Waals surface area contributed by atoms with Crippen LogP contribution in [-0.4, -0.2) is 36.3 Å². The van der Waals surface area contributed by atoms with Gasteiger partial charge in [-0.3, -0.25) is 14.2 Å². The summed E-state index contributed by atoms with van der Waals surface area (Å²) in [6.45, 7) is 5.12. The molecule has 1 amide bonds. The summed E-state index contributed by atoms with van der Waals surface area (Å²) in [6, 6.07) is 8.95. The van der Waals surface area contributed by atoms with Gasteiger partial charge in [0.25, 0.3) is 5.56 Å². The van der Waals surface area contributed by atoms with Crippen molar-refractivity contribution in [2.45, 2.75) is 46.1 Å². The fourth-order valence-corrected chi connectivity index (χ4v) is 3.47. The molecular formula is C25H31N3O5. The first-order chi connectivity index (χ1) is 16.0. The van der Waals surface area contributed by atoms with Crippen LogP contribution in [0.3, 0.4) is 0 Å². The van der Waals surface area contributed by atoms with Crippen LogP contribution in [0.1, 0.15) is 38.2 Å². The number of anilines is 1. The van der Waals surface area contributed by atoms with Crippen molar-refractivity contribution >= 4 is 22.5 Å². The van der Waals surface area contributed by atoms with E-state index in [1.54, 1.807) is 12.1 Å². The Kier molecular flexibility index (Phi) is 8.29. The van der Waals surface area contributed by atoms with Crippen molar-refractivity contribution in [2.75, 3.05) is 26.1 Å². The van der Waals surface area contributed by atoms with Crippen LogP contribution in [0.5, 0.6) is 17.2 Å². The number of nitrogens with one attached hydrogen (secondary N) is 1. The first kappa shape index (κ1) is 24.1. The second-order valence-corrected chi connectivity index (χ2v) is 7.80. The normalized spacial score (nSPS) is 10.8. The number of carbonyl (C=O) groups excluding carboxylic acids is 1. The molecule has 3 rings (SSSR count). The van der Waals surface area contributed by atoms with E-state index in [4.69, 9.17) is 14.2 Å². The molecule has 0 saturated carbocycles. The van der Waals surface area contributed by atoms with Crippen molar-refractivity contribution in [3.8, 4) is 17.2 Å². The van der Waals surface area contributed by atoms with Gasteiger partial charge in [-0.05, 0) is 49.6 Å². The molecule has 1 aromatic heterocycles. The second kappa shape index (κ2) is 11.4. The Morgan fingerprint density at radius 3 is 2.55 bits per heavy atom. The molecule has 33 heavy (non-hydrogen) atoms. The highest BCUT2D eigenvalue weighted by Crippen LogP contribution is 2.29. The van der Waals surface area contributed by atoms with Crippen LogP contribution in [-0.2, 0) is 11.3 Å². The minimum Gasteiger partial charge on any atom is -0.494 e. The molecule has 1 heterocycles. The van der Waals surface area contributed by atoms with Crippen molar-refractivity contribution in [3.63, 3.8) is 0 Å². The number of amides is 1. The zero-order valence-corrected chi connectivity index (χ0v) is 19.6. The lowest BCUT2D eigenvalue weighted by Gasteiger charge is -2.12. The van der Waals surface area contributed by atoms with Gasteiger partial charge >= 0.3 is 0 Å². The number of ether oxygens (including phenoxy) is 3. The fourth-order valence-electron chi connectivity index (χ4n) is 3.47. The first-order valence-corrected chi connectivity index (χ1v) is 11.1. The maximum Gasteiger partial charge on any atom is 0.261 e. The van der Waals surface area contributed by atoms with E-state index in [1.807, 2.05) is 25.1 Å². The van der Waals surface area contributed by atoms with Crippen molar-refractivity contribution < 1.29 is 19.0 Å². The summed E-state index contributed by atoms with van der Waals surface area (Å²) in [5, 5.41) is 3.38. The maximum atomic E-state index is 12.8. The number of carbonyl (C=O) groups is 1. The van der Waals surface area contributed by atoms with Gasteiger partial charge in [-0.2, -0.15) is 0 Å². The van der Waals surface area contributed by atoms with Gasteiger partial charge < -0.3 is 19.5 Å². The van der Waals surface area contributed by atoms with Crippen LogP contribution in [0.25, 0.3) is 10.9 Å². The van der Waals surface area contributed by atoms with Crippen molar-refractivity contribution in [3.05, 3.63) is 52.6 Å². The molecule has 0 radical (unpaired) electrons. The van der Waals surface area contributed by atoms with Crippen LogP contribution >= 0.6 is 0 Å². The Hall–Kier alpha value is -3.55. The fraction of sp³-hybridized carbons (Fsp3) is 0.400. The van der Waals surface area contributed by atoms with Gasteiger partial charge in [-0.25, -0.2) is 4.98 Å². The summed E-state index contributed by atoms with van der Waals surface area (Å²) >= 11 is 0. The van der Waals surface area contributed by atoms with Crippen molar-refractivity contribution in [1.29, 1.82) is 0 Å². The summed E-state index contributed by atoms with van der Waals surface area (Å²) in [5.41, 5.74) is 2.05. The Morgan fingerprint density at radius 1 is 1.09 bits per heavy atom. The summed E-state index contributed by atoms with van der Waals surface area (Å²) in [4.78, 5) is 29.6. The van der Waals surface area contributed by atoms with E-state index in [0.29, 0.717) is 42.0 Å². The molecule has 0 saturated heterocycles. The molecule has 1 N–H and O–H groups in total. The Bertz CT molecular complexity index is 1170. The number of unbranched alkanes of at least 4 members (excludes halogenated alkanes) is 1. The quantitative estimate of drug-likeness (QED) is 0.435. The number of methoxy groups -OCH3 is 2. The van der Waals surface area contributed by atoms with E-state index < -0.39 is 0 Å². The van der Waals surface area contributed by atoms with E-state index in [-0.39, 0.29) is 17.9 Å². The summed E-state index contributed by atoms with van der Waals surface area (Å²) in [7, 11) is 3.05. The molecule has 8 heteroatoms. The maximum absolute atomic E-state index is 12.8. The molecule has 176 valence electrons. The molecule has 0 bridgehead atoms. The molecule has 0 fully saturated rings. The van der Waals surface area contributed by atoms with Gasteiger partial charge in [0.05, 0.1) is 38.1 Å². The van der Waals surface area contributed by atoms with Crippen LogP contribution in [0.4, 0.5) is 5.69 Å². The smallest absolute Gasteiger partial charge is 0.261 e. The zero-order chi connectivity index (χ0) is 23.8. The summed E-state index contributed by atoms with van der Waals surface area (Å²) in [6.07, 6.45) is 4.37. The molecular weight excluding hydrogens is 422 g/mol. The highest BCUT2D eigenvalue weighted by molar-refractivity contribution is 5.91. The van der Waals surface area contributed by atoms with Gasteiger partial charge in [-0.15, -0.1) is 0 Å². The van der Waals surface area contributed by atoms with E-state index in [1.165, 1.54) is 25.1 Å². The topological polar surface area (TPSA) is 91.7 Å². The number of hydrogen-bond donors (Lipinski definition) is 1. The Morgan fingerprint density at radius 2 is 1.85 bits per heavy atom. The molecule has 0 atom stereocenters. The molecule has 3 aromatic rings. The average Bonchev–Trinajstić information content (AvgIpc) is 2.81. The molecule has 2 aromatic carbocycles. The van der Waals surface area contributed by atoms with E-state index in [2.05, 4.69) is 17.2 Å². The summed E-state index contributed by atoms with van der Waals surface area (Å²) in [5.74, 6) is 1.68. The number of aryl methyl sites for hydroxylation is 2. The van der Waals surface area contributed by atoms with E-state index >= 15 is 0 Å². The lowest BCUT2D eigenvalue weighted by atomic mass is 10.1. The Labute approximate surface area is 193 Å². The third-order valence-electron chi connectivity index (χ3n) is 5.37. The predicted octanol–water partition coefficient (Wildman–Crippen LogP) is 4.32. The lowest BCUT2D eigenvalue weighted by Crippen LogP contribution is -2.22. The SMILES string of the molecule is CCCCOc1ccc(NC(=O)CCCn2cnc3cc(OC)c(OC)cc3c2=O)c(C)c1. The molecule has 0 aliphatic rings. The third kappa shape index (κ3) is 6.03. The molecule has 0 aliphatic carbocycles. The minimum atomic E-state index is -0.184. The minimum absolute atomic E-state index is 0.106. The molecule has 0 aliphatic heterocycles. The number of rotatable bonds is 11. The molecule has 0 spiro atoms. The number of nitrogens with zero attached hydrogens (tertiary/aromatic N) is 2. The second-order valence-electron chi connectivity index (χ2n) is 7.80. The van der Waals surface area contributed by atoms with Gasteiger partial charge in [0.2, 0.25) is 5.91 Å². The van der Waals surface area contributed by atoms with Crippen LogP contribution in [0, 0.1) is 6.92 Å². The first-order valence-electron chi connectivity index (χ1n) is 11.1. The molecule has 0 unspecified atom stereocenters. The van der Waals surface area contributed by atoms with Crippen molar-refractivity contribution in [1.82, 2.24) is 9.55 Å². The number of fused-ring (bicyclic) bond motifs is 1.